The van der Waals surface area contributed by atoms with Crippen LogP contribution in [0.2, 0.25) is 0 Å². The third kappa shape index (κ3) is 3.70. The lowest BCUT2D eigenvalue weighted by molar-refractivity contribution is 0.0954. The molecule has 1 amide bonds. The average molecular weight is 366 g/mol. The van der Waals surface area contributed by atoms with Crippen molar-refractivity contribution in [2.24, 2.45) is 0 Å². The molecule has 134 valence electrons. The Hall–Kier alpha value is -2.47. The van der Waals surface area contributed by atoms with Crippen molar-refractivity contribution in [3.8, 4) is 0 Å². The third-order valence-corrected chi connectivity index (χ3v) is 5.74. The van der Waals surface area contributed by atoms with Gasteiger partial charge in [0.1, 0.15) is 11.6 Å². The molecule has 6 heteroatoms. The van der Waals surface area contributed by atoms with Crippen molar-refractivity contribution in [2.75, 3.05) is 18.0 Å². The number of thiophene rings is 1. The predicted molar refractivity (Wildman–Crippen MR) is 106 cm³/mol. The number of anilines is 1. The topological polar surface area (TPSA) is 58.1 Å². The summed E-state index contributed by atoms with van der Waals surface area (Å²) in [6.07, 6.45) is 3.71. The molecule has 1 saturated heterocycles. The second-order valence-corrected chi connectivity index (χ2v) is 7.75. The highest BCUT2D eigenvalue weighted by atomic mass is 32.1. The van der Waals surface area contributed by atoms with E-state index in [9.17, 15) is 4.79 Å². The van der Waals surface area contributed by atoms with Gasteiger partial charge in [-0.15, -0.1) is 11.3 Å². The van der Waals surface area contributed by atoms with Gasteiger partial charge in [-0.1, -0.05) is 18.2 Å². The fraction of sp³-hybridized carbons (Fsp3) is 0.350. The van der Waals surface area contributed by atoms with Crippen LogP contribution in [0.5, 0.6) is 0 Å². The molecule has 1 aliphatic rings. The number of piperidine rings is 1. The molecule has 0 spiro atoms. The van der Waals surface area contributed by atoms with E-state index in [4.69, 9.17) is 0 Å². The van der Waals surface area contributed by atoms with Gasteiger partial charge in [0.05, 0.1) is 11.4 Å². The van der Waals surface area contributed by atoms with Crippen LogP contribution in [0.1, 0.15) is 40.5 Å². The monoisotopic (exact) mass is 366 g/mol. The minimum Gasteiger partial charge on any atom is -0.357 e. The number of carbonyl (C=O) groups excluding carboxylic acids is 1. The van der Waals surface area contributed by atoms with Crippen molar-refractivity contribution in [2.45, 2.75) is 32.7 Å². The molecule has 3 heterocycles. The molecule has 0 bridgehead atoms. The van der Waals surface area contributed by atoms with Crippen LogP contribution in [-0.2, 0) is 6.54 Å². The maximum Gasteiger partial charge on any atom is 0.261 e. The van der Waals surface area contributed by atoms with Crippen LogP contribution < -0.4 is 10.2 Å². The van der Waals surface area contributed by atoms with E-state index in [-0.39, 0.29) is 5.91 Å². The van der Waals surface area contributed by atoms with Crippen molar-refractivity contribution in [1.82, 2.24) is 15.3 Å². The van der Waals surface area contributed by atoms with E-state index in [0.29, 0.717) is 12.4 Å². The van der Waals surface area contributed by atoms with Crippen molar-refractivity contribution in [3.63, 3.8) is 0 Å². The van der Waals surface area contributed by atoms with Crippen LogP contribution in [0.15, 0.2) is 36.4 Å². The Bertz CT molecular complexity index is 897. The Morgan fingerprint density at radius 2 is 1.96 bits per heavy atom. The molecule has 4 rings (SSSR count). The van der Waals surface area contributed by atoms with Gasteiger partial charge < -0.3 is 10.2 Å². The minimum atomic E-state index is -0.0733. The number of fused-ring (bicyclic) bond motifs is 1. The van der Waals surface area contributed by atoms with Crippen LogP contribution in [0.4, 0.5) is 5.82 Å². The second-order valence-electron chi connectivity index (χ2n) is 6.66. The molecule has 0 atom stereocenters. The quantitative estimate of drug-likeness (QED) is 0.760. The fourth-order valence-corrected chi connectivity index (χ4v) is 4.30. The summed E-state index contributed by atoms with van der Waals surface area (Å²) in [4.78, 5) is 24.7. The molecule has 0 radical (unpaired) electrons. The Labute approximate surface area is 157 Å². The van der Waals surface area contributed by atoms with Crippen LogP contribution in [-0.4, -0.2) is 29.0 Å². The van der Waals surface area contributed by atoms with Crippen molar-refractivity contribution < 1.29 is 4.79 Å². The van der Waals surface area contributed by atoms with Crippen molar-refractivity contribution in [1.29, 1.82) is 0 Å². The Kier molecular flexibility index (Phi) is 4.84. The molecule has 5 nitrogen and oxygen atoms in total. The van der Waals surface area contributed by atoms with Crippen LogP contribution in [0, 0.1) is 6.92 Å². The Balaban J connectivity index is 1.46. The number of carbonyl (C=O) groups is 1. The average Bonchev–Trinajstić information content (AvgIpc) is 3.11. The third-order valence-electron chi connectivity index (χ3n) is 4.62. The molecule has 1 aliphatic heterocycles. The number of aromatic nitrogens is 2. The molecule has 0 saturated carbocycles. The maximum absolute atomic E-state index is 12.5. The number of hydrogen-bond acceptors (Lipinski definition) is 5. The second kappa shape index (κ2) is 7.41. The number of nitrogens with zero attached hydrogens (tertiary/aromatic N) is 3. The summed E-state index contributed by atoms with van der Waals surface area (Å²) in [5, 5.41) is 4.06. The predicted octanol–water partition coefficient (Wildman–Crippen LogP) is 3.92. The first kappa shape index (κ1) is 17.0. The van der Waals surface area contributed by atoms with E-state index in [2.05, 4.69) is 20.2 Å². The number of amides is 1. The van der Waals surface area contributed by atoms with Gasteiger partial charge in [-0.3, -0.25) is 4.79 Å². The van der Waals surface area contributed by atoms with E-state index in [0.717, 1.165) is 39.6 Å². The van der Waals surface area contributed by atoms with Gasteiger partial charge in [0, 0.05) is 29.5 Å². The van der Waals surface area contributed by atoms with Gasteiger partial charge in [0.2, 0.25) is 0 Å². The summed E-state index contributed by atoms with van der Waals surface area (Å²) in [5.41, 5.74) is 0.937. The highest BCUT2D eigenvalue weighted by molar-refractivity contribution is 7.20. The molecular weight excluding hydrogens is 344 g/mol. The lowest BCUT2D eigenvalue weighted by Gasteiger charge is -2.28. The molecular formula is C20H22N4OS. The van der Waals surface area contributed by atoms with Crippen molar-refractivity contribution >= 4 is 33.1 Å². The zero-order valence-corrected chi connectivity index (χ0v) is 15.7. The molecule has 0 unspecified atom stereocenters. The first-order chi connectivity index (χ1) is 12.7. The zero-order valence-electron chi connectivity index (χ0n) is 14.9. The van der Waals surface area contributed by atoms with Crippen LogP contribution >= 0.6 is 11.3 Å². The lowest BCUT2D eigenvalue weighted by atomic mass is 10.1. The van der Waals surface area contributed by atoms with E-state index < -0.39 is 0 Å². The number of rotatable bonds is 4. The summed E-state index contributed by atoms with van der Waals surface area (Å²) in [5.74, 6) is 1.57. The van der Waals surface area contributed by atoms with E-state index in [1.54, 1.807) is 0 Å². The van der Waals surface area contributed by atoms with Gasteiger partial charge in [-0.05, 0) is 43.7 Å². The van der Waals surface area contributed by atoms with E-state index in [1.807, 2.05) is 43.3 Å². The molecule has 1 aromatic carbocycles. The van der Waals surface area contributed by atoms with Crippen LogP contribution in [0.25, 0.3) is 10.1 Å². The highest BCUT2D eigenvalue weighted by Gasteiger charge is 2.15. The summed E-state index contributed by atoms with van der Waals surface area (Å²) in [7, 11) is 0. The Morgan fingerprint density at radius 3 is 2.77 bits per heavy atom. The number of benzene rings is 1. The molecule has 1 fully saturated rings. The summed E-state index contributed by atoms with van der Waals surface area (Å²) >= 11 is 1.51. The largest absolute Gasteiger partial charge is 0.357 e. The fourth-order valence-electron chi connectivity index (χ4n) is 3.32. The first-order valence-corrected chi connectivity index (χ1v) is 9.87. The number of nitrogens with one attached hydrogen (secondary N) is 1. The molecule has 0 aliphatic carbocycles. The van der Waals surface area contributed by atoms with Gasteiger partial charge in [-0.2, -0.15) is 0 Å². The Morgan fingerprint density at radius 1 is 1.15 bits per heavy atom. The summed E-state index contributed by atoms with van der Waals surface area (Å²) in [6, 6.07) is 12.0. The minimum absolute atomic E-state index is 0.0733. The number of hydrogen-bond donors (Lipinski definition) is 1. The normalized spacial score (nSPS) is 14.6. The van der Waals surface area contributed by atoms with Gasteiger partial charge in [-0.25, -0.2) is 9.97 Å². The maximum atomic E-state index is 12.5. The van der Waals surface area contributed by atoms with Gasteiger partial charge in [0.25, 0.3) is 5.91 Å². The van der Waals surface area contributed by atoms with Crippen LogP contribution in [0.3, 0.4) is 0 Å². The molecule has 26 heavy (non-hydrogen) atoms. The van der Waals surface area contributed by atoms with Gasteiger partial charge >= 0.3 is 0 Å². The molecule has 2 aromatic heterocycles. The molecule has 3 aromatic rings. The van der Waals surface area contributed by atoms with Gasteiger partial charge in [0.15, 0.2) is 0 Å². The van der Waals surface area contributed by atoms with E-state index >= 15 is 0 Å². The smallest absolute Gasteiger partial charge is 0.261 e. The highest BCUT2D eigenvalue weighted by Crippen LogP contribution is 2.25. The van der Waals surface area contributed by atoms with Crippen molar-refractivity contribution in [3.05, 3.63) is 52.8 Å². The number of aryl methyl sites for hydroxylation is 1. The van der Waals surface area contributed by atoms with E-state index in [1.165, 1.54) is 30.6 Å². The standard InChI is InChI=1S/C20H22N4OS/c1-14-11-19(24-9-5-2-6-10-24)23-18(22-14)13-21-20(25)17-12-15-7-3-4-8-16(15)26-17/h3-4,7-8,11-12H,2,5-6,9-10,13H2,1H3,(H,21,25). The molecule has 1 N–H and O–H groups in total. The lowest BCUT2D eigenvalue weighted by Crippen LogP contribution is -2.31. The summed E-state index contributed by atoms with van der Waals surface area (Å²) in [6.45, 7) is 4.41. The SMILES string of the molecule is Cc1cc(N2CCCCC2)nc(CNC(=O)c2cc3ccccc3s2)n1. The first-order valence-electron chi connectivity index (χ1n) is 9.05. The zero-order chi connectivity index (χ0) is 17.9. The summed E-state index contributed by atoms with van der Waals surface area (Å²) < 4.78 is 1.12.